The summed E-state index contributed by atoms with van der Waals surface area (Å²) in [6.45, 7) is 0.0512. The largest absolute Gasteiger partial charge is 0.469 e. The van der Waals surface area contributed by atoms with E-state index < -0.39 is 0 Å². The molecule has 2 aliphatic rings. The minimum atomic E-state index is -0.376. The number of nitrogens with zero attached hydrogens (tertiary/aromatic N) is 1. The fourth-order valence-corrected chi connectivity index (χ4v) is 2.81. The lowest BCUT2D eigenvalue weighted by Crippen LogP contribution is -2.32. The van der Waals surface area contributed by atoms with Crippen molar-refractivity contribution in [2.45, 2.75) is 12.8 Å². The summed E-state index contributed by atoms with van der Waals surface area (Å²) in [4.78, 5) is 48.7. The van der Waals surface area contributed by atoms with E-state index in [1.165, 1.54) is 7.11 Å². The highest BCUT2D eigenvalue weighted by molar-refractivity contribution is 6.21. The number of amides is 2. The first-order valence-corrected chi connectivity index (χ1v) is 7.10. The molecule has 2 amide bonds. The van der Waals surface area contributed by atoms with Crippen molar-refractivity contribution >= 4 is 23.6 Å². The lowest BCUT2D eigenvalue weighted by Gasteiger charge is -2.12. The third kappa shape index (κ3) is 2.30. The molecule has 6 nitrogen and oxygen atoms in total. The standard InChI is InChI=1S/C16H15NO5/c1-22-16(21)12-8-11(12)13(18)6-7-17-14(19)9-4-2-3-5-10(9)15(17)20/h2-5,11-12H,6-8H2,1H3/t11-,12-/m1/s1. The van der Waals surface area contributed by atoms with E-state index in [0.717, 1.165) is 4.90 Å². The number of ketones is 1. The Labute approximate surface area is 127 Å². The van der Waals surface area contributed by atoms with Gasteiger partial charge < -0.3 is 4.74 Å². The molecule has 0 radical (unpaired) electrons. The van der Waals surface area contributed by atoms with Crippen molar-refractivity contribution in [1.29, 1.82) is 0 Å². The van der Waals surface area contributed by atoms with Crippen LogP contribution in [0.25, 0.3) is 0 Å². The smallest absolute Gasteiger partial charge is 0.309 e. The molecule has 1 aromatic carbocycles. The van der Waals surface area contributed by atoms with Gasteiger partial charge in [0.1, 0.15) is 5.78 Å². The minimum absolute atomic E-state index is 0.0512. The van der Waals surface area contributed by atoms with E-state index in [1.54, 1.807) is 24.3 Å². The molecule has 3 rings (SSSR count). The maximum atomic E-state index is 12.1. The summed E-state index contributed by atoms with van der Waals surface area (Å²) in [5.74, 6) is -1.91. The summed E-state index contributed by atoms with van der Waals surface area (Å²) < 4.78 is 4.60. The first-order valence-electron chi connectivity index (χ1n) is 7.10. The second-order valence-corrected chi connectivity index (χ2v) is 5.50. The van der Waals surface area contributed by atoms with Crippen molar-refractivity contribution in [3.05, 3.63) is 35.4 Å². The van der Waals surface area contributed by atoms with Crippen molar-refractivity contribution in [3.8, 4) is 0 Å². The summed E-state index contributed by atoms with van der Waals surface area (Å²) in [5.41, 5.74) is 0.748. The monoisotopic (exact) mass is 301 g/mol. The third-order valence-corrected chi connectivity index (χ3v) is 4.17. The average molecular weight is 301 g/mol. The Kier molecular flexibility index (Phi) is 3.52. The van der Waals surface area contributed by atoms with Gasteiger partial charge in [-0.05, 0) is 18.6 Å². The van der Waals surface area contributed by atoms with Gasteiger partial charge in [0.15, 0.2) is 0 Å². The predicted octanol–water partition coefficient (Wildman–Crippen LogP) is 1.05. The Morgan fingerprint density at radius 2 is 1.73 bits per heavy atom. The van der Waals surface area contributed by atoms with Crippen molar-refractivity contribution in [3.63, 3.8) is 0 Å². The lowest BCUT2D eigenvalue weighted by atomic mass is 10.1. The van der Waals surface area contributed by atoms with E-state index in [2.05, 4.69) is 4.74 Å². The number of Topliss-reactive ketones (excluding diaryl/α,β-unsaturated/α-hetero) is 1. The summed E-state index contributed by atoms with van der Waals surface area (Å²) in [6, 6.07) is 6.60. The molecule has 1 fully saturated rings. The zero-order chi connectivity index (χ0) is 15.9. The SMILES string of the molecule is COC(=O)[C@@H]1C[C@H]1C(=O)CCN1C(=O)c2ccccc2C1=O. The van der Waals surface area contributed by atoms with Crippen LogP contribution >= 0.6 is 0 Å². The quantitative estimate of drug-likeness (QED) is 0.600. The molecule has 0 unspecified atom stereocenters. The second kappa shape index (κ2) is 5.36. The highest BCUT2D eigenvalue weighted by Crippen LogP contribution is 2.40. The van der Waals surface area contributed by atoms with Gasteiger partial charge in [-0.3, -0.25) is 24.1 Å². The summed E-state index contributed by atoms with van der Waals surface area (Å²) in [7, 11) is 1.29. The van der Waals surface area contributed by atoms with Crippen LogP contribution in [-0.4, -0.2) is 42.1 Å². The number of hydrogen-bond donors (Lipinski definition) is 0. The van der Waals surface area contributed by atoms with Crippen LogP contribution in [0.4, 0.5) is 0 Å². The zero-order valence-corrected chi connectivity index (χ0v) is 12.1. The molecule has 0 N–H and O–H groups in total. The fourth-order valence-electron chi connectivity index (χ4n) is 2.81. The number of imide groups is 1. The molecule has 1 aliphatic carbocycles. The van der Waals surface area contributed by atoms with Gasteiger partial charge in [-0.25, -0.2) is 0 Å². The lowest BCUT2D eigenvalue weighted by molar-refractivity contribution is -0.143. The van der Waals surface area contributed by atoms with Crippen LogP contribution < -0.4 is 0 Å². The van der Waals surface area contributed by atoms with Crippen molar-refractivity contribution in [2.24, 2.45) is 11.8 Å². The number of esters is 1. The van der Waals surface area contributed by atoms with Crippen LogP contribution in [0.15, 0.2) is 24.3 Å². The highest BCUT2D eigenvalue weighted by Gasteiger charge is 2.48. The maximum Gasteiger partial charge on any atom is 0.309 e. The fraction of sp³-hybridized carbons (Fsp3) is 0.375. The van der Waals surface area contributed by atoms with Crippen LogP contribution in [0.1, 0.15) is 33.6 Å². The number of hydrogen-bond acceptors (Lipinski definition) is 5. The third-order valence-electron chi connectivity index (χ3n) is 4.17. The molecule has 0 aromatic heterocycles. The number of ether oxygens (including phenoxy) is 1. The van der Waals surface area contributed by atoms with Gasteiger partial charge >= 0.3 is 5.97 Å². The average Bonchev–Trinajstić information content (AvgIpc) is 3.30. The second-order valence-electron chi connectivity index (χ2n) is 5.50. The van der Waals surface area contributed by atoms with E-state index in [9.17, 15) is 19.2 Å². The highest BCUT2D eigenvalue weighted by atomic mass is 16.5. The predicted molar refractivity (Wildman–Crippen MR) is 75.0 cm³/mol. The van der Waals surface area contributed by atoms with E-state index in [4.69, 9.17) is 0 Å². The maximum absolute atomic E-state index is 12.1. The number of fused-ring (bicyclic) bond motifs is 1. The Balaban J connectivity index is 1.60. The Morgan fingerprint density at radius 3 is 2.27 bits per heavy atom. The number of methoxy groups -OCH3 is 1. The van der Waals surface area contributed by atoms with Gasteiger partial charge in [-0.1, -0.05) is 12.1 Å². The van der Waals surface area contributed by atoms with Gasteiger partial charge in [0, 0.05) is 18.9 Å². The summed E-state index contributed by atoms with van der Waals surface area (Å²) >= 11 is 0. The molecule has 1 heterocycles. The van der Waals surface area contributed by atoms with Crippen LogP contribution in [0.2, 0.25) is 0 Å². The molecule has 0 spiro atoms. The van der Waals surface area contributed by atoms with E-state index >= 15 is 0 Å². The minimum Gasteiger partial charge on any atom is -0.469 e. The molecule has 1 saturated carbocycles. The molecule has 0 saturated heterocycles. The normalized spacial score (nSPS) is 22.5. The number of benzene rings is 1. The van der Waals surface area contributed by atoms with Crippen LogP contribution in [0.5, 0.6) is 0 Å². The molecule has 6 heteroatoms. The Hall–Kier alpha value is -2.50. The molecule has 2 atom stereocenters. The van der Waals surface area contributed by atoms with Crippen LogP contribution in [0.3, 0.4) is 0 Å². The van der Waals surface area contributed by atoms with Crippen molar-refractivity contribution in [2.75, 3.05) is 13.7 Å². The van der Waals surface area contributed by atoms with Gasteiger partial charge in [0.05, 0.1) is 24.2 Å². The van der Waals surface area contributed by atoms with E-state index in [1.807, 2.05) is 0 Å². The number of rotatable bonds is 5. The van der Waals surface area contributed by atoms with Gasteiger partial charge in [-0.2, -0.15) is 0 Å². The van der Waals surface area contributed by atoms with Gasteiger partial charge in [-0.15, -0.1) is 0 Å². The molecule has 114 valence electrons. The van der Waals surface area contributed by atoms with Gasteiger partial charge in [0.25, 0.3) is 11.8 Å². The molecule has 0 bridgehead atoms. The number of carbonyl (C=O) groups excluding carboxylic acids is 4. The number of carbonyl (C=O) groups is 4. The topological polar surface area (TPSA) is 80.8 Å². The molecule has 22 heavy (non-hydrogen) atoms. The Bertz CT molecular complexity index is 646. The van der Waals surface area contributed by atoms with Crippen LogP contribution in [-0.2, 0) is 14.3 Å². The Morgan fingerprint density at radius 1 is 1.14 bits per heavy atom. The van der Waals surface area contributed by atoms with Crippen molar-refractivity contribution < 1.29 is 23.9 Å². The first-order chi connectivity index (χ1) is 10.5. The van der Waals surface area contributed by atoms with Crippen molar-refractivity contribution in [1.82, 2.24) is 4.90 Å². The van der Waals surface area contributed by atoms with Crippen LogP contribution in [0, 0.1) is 11.8 Å². The van der Waals surface area contributed by atoms with E-state index in [0.29, 0.717) is 17.5 Å². The van der Waals surface area contributed by atoms with E-state index in [-0.39, 0.29) is 48.4 Å². The molecule has 1 aromatic rings. The molecular formula is C16H15NO5. The first kappa shape index (κ1) is 14.4. The summed E-state index contributed by atoms with van der Waals surface area (Å²) in [5, 5.41) is 0. The molecule has 1 aliphatic heterocycles. The van der Waals surface area contributed by atoms with Gasteiger partial charge in [0.2, 0.25) is 0 Å². The zero-order valence-electron chi connectivity index (χ0n) is 12.1. The summed E-state index contributed by atoms with van der Waals surface area (Å²) in [6.07, 6.45) is 0.567. The molecular weight excluding hydrogens is 286 g/mol.